The van der Waals surface area contributed by atoms with E-state index in [9.17, 15) is 18.4 Å². The van der Waals surface area contributed by atoms with Crippen LogP contribution in [0.2, 0.25) is 0 Å². The zero-order valence-electron chi connectivity index (χ0n) is 15.9. The molecule has 0 heterocycles. The average molecular weight is 405 g/mol. The minimum Gasteiger partial charge on any atom is -0.493 e. The van der Waals surface area contributed by atoms with E-state index >= 15 is 0 Å². The molecule has 0 bridgehead atoms. The molecule has 29 heavy (non-hydrogen) atoms. The molecule has 8 heteroatoms. The van der Waals surface area contributed by atoms with Gasteiger partial charge in [0.15, 0.2) is 18.1 Å². The smallest absolute Gasteiger partial charge is 0.387 e. The minimum atomic E-state index is -2.98. The topological polar surface area (TPSA) is 73.9 Å². The van der Waals surface area contributed by atoms with E-state index in [-0.39, 0.29) is 17.5 Å². The van der Waals surface area contributed by atoms with Crippen molar-refractivity contribution in [2.45, 2.75) is 19.6 Å². The van der Waals surface area contributed by atoms with E-state index in [1.165, 1.54) is 31.4 Å². The largest absolute Gasteiger partial charge is 0.493 e. The molecule has 6 nitrogen and oxygen atoms in total. The molecule has 0 unspecified atom stereocenters. The summed E-state index contributed by atoms with van der Waals surface area (Å²) in [6, 6.07) is 13.3. The van der Waals surface area contributed by atoms with Gasteiger partial charge in [0.2, 0.25) is 0 Å². The van der Waals surface area contributed by atoms with Gasteiger partial charge in [-0.1, -0.05) is 36.4 Å². The van der Waals surface area contributed by atoms with E-state index in [1.54, 1.807) is 0 Å². The van der Waals surface area contributed by atoms with Crippen molar-refractivity contribution in [3.8, 4) is 11.5 Å². The molecule has 2 aromatic rings. The Morgan fingerprint density at radius 1 is 1.10 bits per heavy atom. The Hall–Kier alpha value is -3.42. The summed E-state index contributed by atoms with van der Waals surface area (Å²) in [5.41, 5.74) is 1.43. The van der Waals surface area contributed by atoms with Crippen LogP contribution in [0.25, 0.3) is 6.08 Å². The molecule has 0 radical (unpaired) electrons. The number of methoxy groups -OCH3 is 1. The first kappa shape index (κ1) is 21.9. The normalized spacial score (nSPS) is 11.9. The van der Waals surface area contributed by atoms with Crippen LogP contribution in [-0.4, -0.2) is 32.2 Å². The van der Waals surface area contributed by atoms with Gasteiger partial charge in [-0.15, -0.1) is 0 Å². The Morgan fingerprint density at radius 2 is 1.83 bits per heavy atom. The van der Waals surface area contributed by atoms with Crippen LogP contribution in [0, 0.1) is 0 Å². The lowest BCUT2D eigenvalue weighted by molar-refractivity contribution is -0.144. The molecule has 2 rings (SSSR count). The molecule has 0 aliphatic heterocycles. The van der Waals surface area contributed by atoms with Crippen molar-refractivity contribution in [2.24, 2.45) is 0 Å². The maximum Gasteiger partial charge on any atom is 0.387 e. The Balaban J connectivity index is 1.85. The first-order chi connectivity index (χ1) is 13.9. The highest BCUT2D eigenvalue weighted by Crippen LogP contribution is 2.29. The van der Waals surface area contributed by atoms with E-state index in [2.05, 4.69) is 10.1 Å². The van der Waals surface area contributed by atoms with Crippen LogP contribution in [0.5, 0.6) is 11.5 Å². The van der Waals surface area contributed by atoms with Crippen molar-refractivity contribution < 1.29 is 32.6 Å². The van der Waals surface area contributed by atoms with Crippen molar-refractivity contribution in [3.63, 3.8) is 0 Å². The second-order valence-electron chi connectivity index (χ2n) is 5.93. The zero-order chi connectivity index (χ0) is 21.2. The molecule has 0 aromatic heterocycles. The number of esters is 1. The summed E-state index contributed by atoms with van der Waals surface area (Å²) in [7, 11) is 1.31. The summed E-state index contributed by atoms with van der Waals surface area (Å²) in [4.78, 5) is 23.7. The highest BCUT2D eigenvalue weighted by atomic mass is 19.3. The van der Waals surface area contributed by atoms with Crippen LogP contribution < -0.4 is 14.8 Å². The fraction of sp³-hybridized carbons (Fsp3) is 0.238. The number of nitrogens with one attached hydrogen (secondary N) is 1. The van der Waals surface area contributed by atoms with Crippen LogP contribution in [0.15, 0.2) is 54.6 Å². The average Bonchev–Trinajstić information content (AvgIpc) is 2.71. The van der Waals surface area contributed by atoms with E-state index in [0.717, 1.165) is 11.6 Å². The summed E-state index contributed by atoms with van der Waals surface area (Å²) in [5.74, 6) is -1.18. The Bertz CT molecular complexity index is 855. The molecule has 0 saturated carbocycles. The molecule has 0 spiro atoms. The van der Waals surface area contributed by atoms with E-state index < -0.39 is 25.1 Å². The number of hydrogen-bond donors (Lipinski definition) is 1. The SMILES string of the molecule is COc1cc(/C=C/C(=O)OCC(=O)N[C@H](C)c2ccccc2)ccc1OC(F)F. The number of ether oxygens (including phenoxy) is 3. The monoisotopic (exact) mass is 405 g/mol. The van der Waals surface area contributed by atoms with Gasteiger partial charge < -0.3 is 19.5 Å². The number of carbonyl (C=O) groups is 2. The lowest BCUT2D eigenvalue weighted by Gasteiger charge is -2.14. The molecule has 0 aliphatic carbocycles. The lowest BCUT2D eigenvalue weighted by Crippen LogP contribution is -2.30. The van der Waals surface area contributed by atoms with E-state index in [1.807, 2.05) is 37.3 Å². The highest BCUT2D eigenvalue weighted by Gasteiger charge is 2.12. The van der Waals surface area contributed by atoms with E-state index in [4.69, 9.17) is 9.47 Å². The zero-order valence-corrected chi connectivity index (χ0v) is 15.9. The van der Waals surface area contributed by atoms with Crippen molar-refractivity contribution in [1.82, 2.24) is 5.32 Å². The number of hydrogen-bond acceptors (Lipinski definition) is 5. The first-order valence-electron chi connectivity index (χ1n) is 8.71. The number of benzene rings is 2. The quantitative estimate of drug-likeness (QED) is 0.508. The van der Waals surface area contributed by atoms with E-state index in [0.29, 0.717) is 5.56 Å². The molecule has 1 amide bonds. The molecule has 0 saturated heterocycles. The maximum absolute atomic E-state index is 12.3. The third-order valence-electron chi connectivity index (χ3n) is 3.84. The molecular formula is C21H21F2NO5. The van der Waals surface area contributed by atoms with Crippen LogP contribution in [0.3, 0.4) is 0 Å². The van der Waals surface area contributed by atoms with Gasteiger partial charge in [-0.25, -0.2) is 4.79 Å². The predicted molar refractivity (Wildman–Crippen MR) is 103 cm³/mol. The molecule has 0 aliphatic rings. The predicted octanol–water partition coefficient (Wildman–Crippen LogP) is 3.73. The van der Waals surface area contributed by atoms with Gasteiger partial charge in [-0.2, -0.15) is 8.78 Å². The van der Waals surface area contributed by atoms with Crippen LogP contribution in [0.4, 0.5) is 8.78 Å². The van der Waals surface area contributed by atoms with Gasteiger partial charge >= 0.3 is 12.6 Å². The third kappa shape index (κ3) is 7.25. The molecule has 1 N–H and O–H groups in total. The molecule has 1 atom stereocenters. The molecule has 154 valence electrons. The van der Waals surface area contributed by atoms with Gasteiger partial charge in [-0.05, 0) is 36.3 Å². The summed E-state index contributed by atoms with van der Waals surface area (Å²) < 4.78 is 38.9. The van der Waals surface area contributed by atoms with Crippen LogP contribution >= 0.6 is 0 Å². The summed E-state index contributed by atoms with van der Waals surface area (Å²) >= 11 is 0. The van der Waals surface area contributed by atoms with Gasteiger partial charge in [0.1, 0.15) is 0 Å². The molecule has 2 aromatic carbocycles. The summed E-state index contributed by atoms with van der Waals surface area (Å²) in [5, 5.41) is 2.73. The minimum absolute atomic E-state index is 0.0927. The van der Waals surface area contributed by atoms with Gasteiger partial charge in [0.25, 0.3) is 5.91 Å². The first-order valence-corrected chi connectivity index (χ1v) is 8.71. The Labute approximate surface area is 167 Å². The maximum atomic E-state index is 12.3. The number of carbonyl (C=O) groups excluding carboxylic acids is 2. The van der Waals surface area contributed by atoms with Gasteiger partial charge in [0, 0.05) is 6.08 Å². The highest BCUT2D eigenvalue weighted by molar-refractivity contribution is 5.89. The standard InChI is InChI=1S/C21H21F2NO5/c1-14(16-6-4-3-5-7-16)24-19(25)13-28-20(26)11-9-15-8-10-17(29-21(22)23)18(12-15)27-2/h3-12,14,21H,13H2,1-2H3,(H,24,25)/b11-9+/t14-/m1/s1. The van der Waals surface area contributed by atoms with Gasteiger partial charge in [0.05, 0.1) is 13.2 Å². The summed E-state index contributed by atoms with van der Waals surface area (Å²) in [6.45, 7) is -1.58. The number of amides is 1. The Kier molecular flexibility index (Phi) is 8.14. The van der Waals surface area contributed by atoms with Crippen molar-refractivity contribution in [2.75, 3.05) is 13.7 Å². The second kappa shape index (κ2) is 10.8. The number of alkyl halides is 2. The van der Waals surface area contributed by atoms with Crippen molar-refractivity contribution in [1.29, 1.82) is 0 Å². The number of rotatable bonds is 9. The van der Waals surface area contributed by atoms with Crippen LogP contribution in [-0.2, 0) is 14.3 Å². The van der Waals surface area contributed by atoms with Gasteiger partial charge in [-0.3, -0.25) is 4.79 Å². The van der Waals surface area contributed by atoms with Crippen LogP contribution in [0.1, 0.15) is 24.1 Å². The van der Waals surface area contributed by atoms with Crippen molar-refractivity contribution in [3.05, 3.63) is 65.7 Å². The Morgan fingerprint density at radius 3 is 2.48 bits per heavy atom. The molecular weight excluding hydrogens is 384 g/mol. The fourth-order valence-corrected chi connectivity index (χ4v) is 2.44. The molecule has 0 fully saturated rings. The number of halogens is 2. The second-order valence-corrected chi connectivity index (χ2v) is 5.93. The van der Waals surface area contributed by atoms with Crippen molar-refractivity contribution >= 4 is 18.0 Å². The third-order valence-corrected chi connectivity index (χ3v) is 3.84. The lowest BCUT2D eigenvalue weighted by atomic mass is 10.1. The fourth-order valence-electron chi connectivity index (χ4n) is 2.44. The summed E-state index contributed by atoms with van der Waals surface area (Å²) in [6.07, 6.45) is 2.53.